The zero-order valence-corrected chi connectivity index (χ0v) is 13.5. The van der Waals surface area contributed by atoms with Crippen LogP contribution in [0.15, 0.2) is 48.5 Å². The number of nitrogens with two attached hydrogens (primary N) is 1. The van der Waals surface area contributed by atoms with Gasteiger partial charge in [0.2, 0.25) is 5.91 Å². The van der Waals surface area contributed by atoms with Crippen molar-refractivity contribution in [2.45, 2.75) is 18.8 Å². The topological polar surface area (TPSA) is 63.4 Å². The largest absolute Gasteiger partial charge is 0.369 e. The van der Waals surface area contributed by atoms with Gasteiger partial charge in [-0.05, 0) is 31.0 Å². The molecule has 2 aromatic rings. The normalized spacial score (nSPS) is 20.2. The van der Waals surface area contributed by atoms with Gasteiger partial charge in [0.05, 0.1) is 11.0 Å². The van der Waals surface area contributed by atoms with Gasteiger partial charge in [0, 0.05) is 13.1 Å². The number of hydrogen-bond donors (Lipinski definition) is 1. The fraction of sp³-hybridized carbons (Fsp3) is 0.263. The number of aryl methyl sites for hydroxylation is 1. The second-order valence-corrected chi connectivity index (χ2v) is 6.27. The van der Waals surface area contributed by atoms with E-state index in [0.717, 1.165) is 11.1 Å². The highest BCUT2D eigenvalue weighted by atomic mass is 19.1. The Morgan fingerprint density at radius 2 is 1.88 bits per heavy atom. The number of carbonyl (C=O) groups excluding carboxylic acids is 2. The second kappa shape index (κ2) is 6.07. The van der Waals surface area contributed by atoms with Crippen LogP contribution in [0.4, 0.5) is 4.39 Å². The molecule has 2 aromatic carbocycles. The molecule has 24 heavy (non-hydrogen) atoms. The minimum Gasteiger partial charge on any atom is -0.369 e. The van der Waals surface area contributed by atoms with Gasteiger partial charge in [0.25, 0.3) is 5.91 Å². The number of likely N-dealkylation sites (tertiary alicyclic amines) is 1. The lowest BCUT2D eigenvalue weighted by Crippen LogP contribution is -2.44. The van der Waals surface area contributed by atoms with Crippen LogP contribution in [0.25, 0.3) is 0 Å². The minimum absolute atomic E-state index is 0.0309. The van der Waals surface area contributed by atoms with E-state index in [1.807, 2.05) is 30.3 Å². The molecule has 1 fully saturated rings. The molecule has 0 radical (unpaired) electrons. The van der Waals surface area contributed by atoms with Crippen molar-refractivity contribution < 1.29 is 14.0 Å². The first-order chi connectivity index (χ1) is 11.4. The zero-order chi connectivity index (χ0) is 17.3. The van der Waals surface area contributed by atoms with Crippen molar-refractivity contribution in [1.29, 1.82) is 0 Å². The maximum absolute atomic E-state index is 14.0. The molecule has 0 bridgehead atoms. The Balaban J connectivity index is 1.92. The molecule has 0 spiro atoms. The summed E-state index contributed by atoms with van der Waals surface area (Å²) in [6.07, 6.45) is 0.436. The molecule has 2 amide bonds. The molecule has 124 valence electrons. The lowest BCUT2D eigenvalue weighted by atomic mass is 9.79. The van der Waals surface area contributed by atoms with Gasteiger partial charge >= 0.3 is 0 Å². The average Bonchev–Trinajstić information content (AvgIpc) is 3.04. The molecule has 1 heterocycles. The van der Waals surface area contributed by atoms with Crippen LogP contribution in [0.5, 0.6) is 0 Å². The SMILES string of the molecule is Cc1ccc(F)c(C(=O)N2CCC(C(N)=O)(c3ccccc3)C2)c1. The van der Waals surface area contributed by atoms with E-state index < -0.39 is 23.0 Å². The first-order valence-corrected chi connectivity index (χ1v) is 7.85. The fourth-order valence-electron chi connectivity index (χ4n) is 3.29. The quantitative estimate of drug-likeness (QED) is 0.941. The van der Waals surface area contributed by atoms with Crippen LogP contribution in [-0.2, 0) is 10.2 Å². The second-order valence-electron chi connectivity index (χ2n) is 6.27. The number of benzene rings is 2. The third-order valence-electron chi connectivity index (χ3n) is 4.71. The maximum Gasteiger partial charge on any atom is 0.256 e. The van der Waals surface area contributed by atoms with Crippen LogP contribution in [0.3, 0.4) is 0 Å². The van der Waals surface area contributed by atoms with Gasteiger partial charge in [-0.2, -0.15) is 0 Å². The summed E-state index contributed by atoms with van der Waals surface area (Å²) < 4.78 is 14.0. The first-order valence-electron chi connectivity index (χ1n) is 7.85. The molecule has 3 rings (SSSR count). The summed E-state index contributed by atoms with van der Waals surface area (Å²) in [6, 6.07) is 13.7. The lowest BCUT2D eigenvalue weighted by Gasteiger charge is -2.26. The first kappa shape index (κ1) is 16.2. The number of primary amides is 1. The summed E-state index contributed by atoms with van der Waals surface area (Å²) in [5, 5.41) is 0. The monoisotopic (exact) mass is 326 g/mol. The van der Waals surface area contributed by atoms with Crippen molar-refractivity contribution in [1.82, 2.24) is 4.90 Å². The van der Waals surface area contributed by atoms with Crippen molar-refractivity contribution in [3.05, 3.63) is 71.0 Å². The van der Waals surface area contributed by atoms with Gasteiger partial charge in [0.15, 0.2) is 0 Å². The molecule has 4 nitrogen and oxygen atoms in total. The van der Waals surface area contributed by atoms with Crippen molar-refractivity contribution in [3.63, 3.8) is 0 Å². The molecule has 1 aliphatic heterocycles. The van der Waals surface area contributed by atoms with Crippen LogP contribution in [-0.4, -0.2) is 29.8 Å². The number of nitrogens with zero attached hydrogens (tertiary/aromatic N) is 1. The van der Waals surface area contributed by atoms with E-state index in [1.165, 1.54) is 17.0 Å². The third kappa shape index (κ3) is 2.66. The number of carbonyl (C=O) groups is 2. The van der Waals surface area contributed by atoms with Crippen LogP contribution in [0, 0.1) is 12.7 Å². The zero-order valence-electron chi connectivity index (χ0n) is 13.5. The number of halogens is 1. The molecule has 0 saturated carbocycles. The van der Waals surface area contributed by atoms with Crippen molar-refractivity contribution in [3.8, 4) is 0 Å². The van der Waals surface area contributed by atoms with Gasteiger partial charge in [-0.1, -0.05) is 42.0 Å². The Morgan fingerprint density at radius 1 is 1.17 bits per heavy atom. The summed E-state index contributed by atoms with van der Waals surface area (Å²) in [4.78, 5) is 26.4. The van der Waals surface area contributed by atoms with E-state index in [-0.39, 0.29) is 12.1 Å². The van der Waals surface area contributed by atoms with Gasteiger partial charge in [-0.3, -0.25) is 9.59 Å². The van der Waals surface area contributed by atoms with E-state index in [2.05, 4.69) is 0 Å². The van der Waals surface area contributed by atoms with Gasteiger partial charge < -0.3 is 10.6 Å². The number of hydrogen-bond acceptors (Lipinski definition) is 2. The smallest absolute Gasteiger partial charge is 0.256 e. The van der Waals surface area contributed by atoms with Crippen LogP contribution < -0.4 is 5.73 Å². The molecule has 1 atom stereocenters. The third-order valence-corrected chi connectivity index (χ3v) is 4.71. The Labute approximate surface area is 140 Å². The summed E-state index contributed by atoms with van der Waals surface area (Å²) in [5.41, 5.74) is 6.38. The Hall–Kier alpha value is -2.69. The van der Waals surface area contributed by atoms with Crippen molar-refractivity contribution >= 4 is 11.8 Å². The van der Waals surface area contributed by atoms with Crippen molar-refractivity contribution in [2.75, 3.05) is 13.1 Å². The maximum atomic E-state index is 14.0. The van der Waals surface area contributed by atoms with E-state index in [4.69, 9.17) is 5.73 Å². The molecule has 5 heteroatoms. The summed E-state index contributed by atoms with van der Waals surface area (Å²) in [5.74, 6) is -1.43. The Bertz CT molecular complexity index is 791. The predicted octanol–water partition coefficient (Wildman–Crippen LogP) is 2.40. The molecule has 0 aliphatic carbocycles. The Kier molecular flexibility index (Phi) is 4.09. The molecular weight excluding hydrogens is 307 g/mol. The molecule has 2 N–H and O–H groups in total. The fourth-order valence-corrected chi connectivity index (χ4v) is 3.29. The van der Waals surface area contributed by atoms with Gasteiger partial charge in [-0.25, -0.2) is 4.39 Å². The molecule has 1 unspecified atom stereocenters. The van der Waals surface area contributed by atoms with E-state index in [9.17, 15) is 14.0 Å². The van der Waals surface area contributed by atoms with Gasteiger partial charge in [0.1, 0.15) is 5.82 Å². The van der Waals surface area contributed by atoms with E-state index in [1.54, 1.807) is 13.0 Å². The molecule has 1 saturated heterocycles. The highest BCUT2D eigenvalue weighted by Gasteiger charge is 2.46. The predicted molar refractivity (Wildman–Crippen MR) is 89.0 cm³/mol. The van der Waals surface area contributed by atoms with E-state index in [0.29, 0.717) is 13.0 Å². The van der Waals surface area contributed by atoms with Gasteiger partial charge in [-0.15, -0.1) is 0 Å². The van der Waals surface area contributed by atoms with Crippen LogP contribution in [0.2, 0.25) is 0 Å². The summed E-state index contributed by atoms with van der Waals surface area (Å²) in [7, 11) is 0. The highest BCUT2D eigenvalue weighted by molar-refractivity contribution is 5.96. The van der Waals surface area contributed by atoms with Crippen LogP contribution in [0.1, 0.15) is 27.9 Å². The van der Waals surface area contributed by atoms with E-state index >= 15 is 0 Å². The average molecular weight is 326 g/mol. The standard InChI is InChI=1S/C19H19FN2O2/c1-13-7-8-16(20)15(11-13)17(23)22-10-9-19(12-22,18(21)24)14-5-3-2-4-6-14/h2-8,11H,9-10,12H2,1H3,(H2,21,24). The summed E-state index contributed by atoms with van der Waals surface area (Å²) >= 11 is 0. The van der Waals surface area contributed by atoms with Crippen molar-refractivity contribution in [2.24, 2.45) is 5.73 Å². The minimum atomic E-state index is -0.919. The number of rotatable bonds is 3. The molecular formula is C19H19FN2O2. The lowest BCUT2D eigenvalue weighted by molar-refractivity contribution is -0.123. The van der Waals surface area contributed by atoms with Crippen LogP contribution >= 0.6 is 0 Å². The molecule has 0 aromatic heterocycles. The molecule has 1 aliphatic rings. The Morgan fingerprint density at radius 3 is 2.54 bits per heavy atom. The summed E-state index contributed by atoms with van der Waals surface area (Å²) in [6.45, 7) is 2.33. The highest BCUT2D eigenvalue weighted by Crippen LogP contribution is 2.35. The number of amides is 2.